The average Bonchev–Trinajstić information content (AvgIpc) is 2.65. The van der Waals surface area contributed by atoms with Crippen molar-refractivity contribution in [2.75, 3.05) is 5.75 Å². The molecule has 0 aromatic rings. The lowest BCUT2D eigenvalue weighted by Crippen LogP contribution is -2.36. The van der Waals surface area contributed by atoms with Crippen molar-refractivity contribution in [2.45, 2.75) is 57.7 Å². The van der Waals surface area contributed by atoms with Gasteiger partial charge in [0.25, 0.3) is 0 Å². The Morgan fingerprint density at radius 3 is 2.47 bits per heavy atom. The first-order valence-electron chi connectivity index (χ1n) is 6.01. The number of carbonyl (C=O) groups excluding carboxylic acids is 1. The van der Waals surface area contributed by atoms with E-state index >= 15 is 0 Å². The van der Waals surface area contributed by atoms with Crippen LogP contribution in [0.5, 0.6) is 0 Å². The third kappa shape index (κ3) is 4.92. The fourth-order valence-corrected chi connectivity index (χ4v) is 3.05. The van der Waals surface area contributed by atoms with Gasteiger partial charge in [0, 0.05) is 6.04 Å². The molecule has 1 fully saturated rings. The van der Waals surface area contributed by atoms with E-state index in [0.29, 0.717) is 0 Å². The number of carbonyl (C=O) groups is 1. The summed E-state index contributed by atoms with van der Waals surface area (Å²) in [5, 5.41) is 3.06. The molecular formula is C12H23NOS. The smallest absolute Gasteiger partial charge is 0.233 e. The zero-order valence-corrected chi connectivity index (χ0v) is 10.9. The van der Waals surface area contributed by atoms with Gasteiger partial charge in [-0.2, -0.15) is 0 Å². The molecule has 0 bridgehead atoms. The van der Waals surface area contributed by atoms with Crippen LogP contribution in [0.4, 0.5) is 0 Å². The minimum Gasteiger partial charge on any atom is -0.353 e. The number of hydrogen-bond acceptors (Lipinski definition) is 2. The molecule has 1 amide bonds. The molecule has 0 aromatic heterocycles. The average molecular weight is 229 g/mol. The van der Waals surface area contributed by atoms with Gasteiger partial charge in [0.15, 0.2) is 0 Å². The summed E-state index contributed by atoms with van der Waals surface area (Å²) in [4.78, 5) is 11.6. The summed E-state index contributed by atoms with van der Waals surface area (Å²) >= 11 is 1.81. The Kier molecular flexibility index (Phi) is 5.51. The molecule has 1 aliphatic carbocycles. The highest BCUT2D eigenvalue weighted by Gasteiger charge is 2.19. The third-order valence-electron chi connectivity index (χ3n) is 2.86. The molecule has 15 heavy (non-hydrogen) atoms. The van der Waals surface area contributed by atoms with Gasteiger partial charge in [-0.25, -0.2) is 0 Å². The molecule has 1 saturated carbocycles. The summed E-state index contributed by atoms with van der Waals surface area (Å²) in [5.74, 6) is 2.21. The molecule has 1 aliphatic rings. The highest BCUT2D eigenvalue weighted by Crippen LogP contribution is 2.29. The van der Waals surface area contributed by atoms with Crippen molar-refractivity contribution in [1.29, 1.82) is 0 Å². The van der Waals surface area contributed by atoms with Crippen LogP contribution in [0.25, 0.3) is 0 Å². The second-order valence-corrected chi connectivity index (χ2v) is 6.16. The topological polar surface area (TPSA) is 29.1 Å². The van der Waals surface area contributed by atoms with Gasteiger partial charge >= 0.3 is 0 Å². The Morgan fingerprint density at radius 2 is 1.93 bits per heavy atom. The van der Waals surface area contributed by atoms with Crippen LogP contribution in [0, 0.1) is 5.92 Å². The SMILES string of the molecule is CC(C)NC(=O)[C@@H](C)SCC1CCCC1. The van der Waals surface area contributed by atoms with Crippen molar-refractivity contribution in [3.8, 4) is 0 Å². The van der Waals surface area contributed by atoms with Crippen molar-refractivity contribution in [3.63, 3.8) is 0 Å². The minimum absolute atomic E-state index is 0.105. The van der Waals surface area contributed by atoms with Gasteiger partial charge in [0.2, 0.25) is 5.91 Å². The van der Waals surface area contributed by atoms with Gasteiger partial charge in [-0.1, -0.05) is 12.8 Å². The van der Waals surface area contributed by atoms with E-state index in [2.05, 4.69) is 5.32 Å². The largest absolute Gasteiger partial charge is 0.353 e. The lowest BCUT2D eigenvalue weighted by Gasteiger charge is -2.16. The van der Waals surface area contributed by atoms with Crippen molar-refractivity contribution in [3.05, 3.63) is 0 Å². The van der Waals surface area contributed by atoms with E-state index in [4.69, 9.17) is 0 Å². The fraction of sp³-hybridized carbons (Fsp3) is 0.917. The molecule has 0 saturated heterocycles. The van der Waals surface area contributed by atoms with Crippen LogP contribution in [0.2, 0.25) is 0 Å². The molecule has 1 rings (SSSR count). The Morgan fingerprint density at radius 1 is 1.33 bits per heavy atom. The highest BCUT2D eigenvalue weighted by molar-refractivity contribution is 8.00. The van der Waals surface area contributed by atoms with Crippen LogP contribution >= 0.6 is 11.8 Å². The number of amides is 1. The molecule has 0 radical (unpaired) electrons. The first kappa shape index (κ1) is 12.9. The van der Waals surface area contributed by atoms with E-state index in [9.17, 15) is 4.79 Å². The van der Waals surface area contributed by atoms with Crippen LogP contribution in [0.3, 0.4) is 0 Å². The predicted molar refractivity (Wildman–Crippen MR) is 67.2 cm³/mol. The van der Waals surface area contributed by atoms with E-state index in [1.165, 1.54) is 25.7 Å². The maximum Gasteiger partial charge on any atom is 0.233 e. The molecule has 0 aliphatic heterocycles. The van der Waals surface area contributed by atoms with Crippen LogP contribution in [0.1, 0.15) is 46.5 Å². The zero-order valence-electron chi connectivity index (χ0n) is 10.1. The molecule has 1 N–H and O–H groups in total. The van der Waals surface area contributed by atoms with E-state index in [1.807, 2.05) is 32.5 Å². The van der Waals surface area contributed by atoms with Gasteiger partial charge in [-0.15, -0.1) is 11.8 Å². The first-order valence-corrected chi connectivity index (χ1v) is 7.06. The van der Waals surface area contributed by atoms with E-state index < -0.39 is 0 Å². The number of hydrogen-bond donors (Lipinski definition) is 1. The lowest BCUT2D eigenvalue weighted by atomic mass is 10.1. The molecular weight excluding hydrogens is 206 g/mol. The molecule has 2 nitrogen and oxygen atoms in total. The molecule has 88 valence electrons. The van der Waals surface area contributed by atoms with Crippen LogP contribution in [0.15, 0.2) is 0 Å². The van der Waals surface area contributed by atoms with Crippen LogP contribution in [-0.4, -0.2) is 23.0 Å². The third-order valence-corrected chi connectivity index (χ3v) is 4.23. The van der Waals surface area contributed by atoms with E-state index in [-0.39, 0.29) is 17.2 Å². The molecule has 1 atom stereocenters. The van der Waals surface area contributed by atoms with Gasteiger partial charge in [-0.05, 0) is 45.3 Å². The van der Waals surface area contributed by atoms with Crippen LogP contribution in [-0.2, 0) is 4.79 Å². The highest BCUT2D eigenvalue weighted by atomic mass is 32.2. The quantitative estimate of drug-likeness (QED) is 0.785. The molecule has 0 unspecified atom stereocenters. The summed E-state index contributed by atoms with van der Waals surface area (Å²) in [7, 11) is 0. The monoisotopic (exact) mass is 229 g/mol. The van der Waals surface area contributed by atoms with Gasteiger partial charge in [0.05, 0.1) is 5.25 Å². The molecule has 0 aromatic carbocycles. The van der Waals surface area contributed by atoms with E-state index in [0.717, 1.165) is 11.7 Å². The summed E-state index contributed by atoms with van der Waals surface area (Å²) in [6, 6.07) is 0.257. The molecule has 3 heteroatoms. The van der Waals surface area contributed by atoms with Crippen molar-refractivity contribution in [2.24, 2.45) is 5.92 Å². The Balaban J connectivity index is 2.16. The molecule has 0 heterocycles. The van der Waals surface area contributed by atoms with Crippen LogP contribution < -0.4 is 5.32 Å². The maximum absolute atomic E-state index is 11.6. The zero-order chi connectivity index (χ0) is 11.3. The lowest BCUT2D eigenvalue weighted by molar-refractivity contribution is -0.120. The predicted octanol–water partition coefficient (Wildman–Crippen LogP) is 2.82. The fourth-order valence-electron chi connectivity index (χ4n) is 1.94. The summed E-state index contributed by atoms with van der Waals surface area (Å²) < 4.78 is 0. The summed E-state index contributed by atoms with van der Waals surface area (Å²) in [5.41, 5.74) is 0. The van der Waals surface area contributed by atoms with E-state index in [1.54, 1.807) is 0 Å². The Labute approximate surface area is 97.6 Å². The maximum atomic E-state index is 11.6. The van der Waals surface area contributed by atoms with Crippen molar-refractivity contribution >= 4 is 17.7 Å². The van der Waals surface area contributed by atoms with Gasteiger partial charge in [-0.3, -0.25) is 4.79 Å². The first-order chi connectivity index (χ1) is 7.09. The minimum atomic E-state index is 0.105. The van der Waals surface area contributed by atoms with Gasteiger partial charge < -0.3 is 5.32 Å². The Hall–Kier alpha value is -0.180. The molecule has 0 spiro atoms. The Bertz CT molecular complexity index is 200. The number of nitrogens with one attached hydrogen (secondary N) is 1. The summed E-state index contributed by atoms with van der Waals surface area (Å²) in [6.07, 6.45) is 5.51. The van der Waals surface area contributed by atoms with Gasteiger partial charge in [0.1, 0.15) is 0 Å². The van der Waals surface area contributed by atoms with Crippen molar-refractivity contribution < 1.29 is 4.79 Å². The second-order valence-electron chi connectivity index (χ2n) is 4.79. The number of thioether (sulfide) groups is 1. The van der Waals surface area contributed by atoms with Crippen molar-refractivity contribution in [1.82, 2.24) is 5.32 Å². The normalized spacial score (nSPS) is 19.5. The second kappa shape index (κ2) is 6.41. The number of rotatable bonds is 5. The standard InChI is InChI=1S/C12H23NOS/c1-9(2)13-12(14)10(3)15-8-11-6-4-5-7-11/h9-11H,4-8H2,1-3H3,(H,13,14)/t10-/m1/s1. The summed E-state index contributed by atoms with van der Waals surface area (Å²) in [6.45, 7) is 6.02.